The predicted octanol–water partition coefficient (Wildman–Crippen LogP) is 2.08. The molecule has 2 rings (SSSR count). The van der Waals surface area contributed by atoms with Gasteiger partial charge in [-0.2, -0.15) is 0 Å². The van der Waals surface area contributed by atoms with E-state index >= 15 is 0 Å². The first-order valence-electron chi connectivity index (χ1n) is 8.40. The molecule has 0 spiro atoms. The summed E-state index contributed by atoms with van der Waals surface area (Å²) in [6, 6.07) is 3.96. The van der Waals surface area contributed by atoms with Crippen molar-refractivity contribution in [3.63, 3.8) is 0 Å². The van der Waals surface area contributed by atoms with Gasteiger partial charge in [0.2, 0.25) is 5.91 Å². The molecule has 0 saturated carbocycles. The lowest BCUT2D eigenvalue weighted by molar-refractivity contribution is -0.384. The monoisotopic (exact) mass is 383 g/mol. The number of benzene rings is 1. The van der Waals surface area contributed by atoms with Crippen molar-refractivity contribution in [3.05, 3.63) is 28.3 Å². The maximum Gasteiger partial charge on any atom is 0.293 e. The Kier molecular flexibility index (Phi) is 5.60. The van der Waals surface area contributed by atoms with Crippen LogP contribution in [0.1, 0.15) is 27.2 Å². The van der Waals surface area contributed by atoms with Gasteiger partial charge in [0.1, 0.15) is 5.69 Å². The van der Waals surface area contributed by atoms with Gasteiger partial charge in [0.25, 0.3) is 5.69 Å². The Bertz CT molecular complexity index is 806. The third kappa shape index (κ3) is 4.94. The second-order valence-corrected chi connectivity index (χ2v) is 9.80. The van der Waals surface area contributed by atoms with Crippen LogP contribution in [-0.2, 0) is 14.6 Å². The Labute approximate surface area is 153 Å². The average Bonchev–Trinajstić information content (AvgIpc) is 2.52. The molecule has 0 atom stereocenters. The molecule has 1 aromatic carbocycles. The number of amides is 1. The standard InChI is InChI=1S/C17H25N3O5S/c1-17(2,3)12-16(21)19-9-7-18(8-10-19)14-6-5-13(26(4,24)25)11-15(14)20(22)23/h5-6,11H,7-10,12H2,1-4H3. The molecule has 1 aliphatic heterocycles. The fourth-order valence-corrected chi connectivity index (χ4v) is 3.55. The number of carbonyl (C=O) groups is 1. The maximum absolute atomic E-state index is 12.3. The van der Waals surface area contributed by atoms with Crippen LogP contribution in [0, 0.1) is 15.5 Å². The molecule has 1 saturated heterocycles. The van der Waals surface area contributed by atoms with E-state index in [9.17, 15) is 23.3 Å². The molecule has 0 N–H and O–H groups in total. The lowest BCUT2D eigenvalue weighted by Crippen LogP contribution is -2.49. The van der Waals surface area contributed by atoms with E-state index in [1.165, 1.54) is 12.1 Å². The molecule has 1 fully saturated rings. The van der Waals surface area contributed by atoms with Gasteiger partial charge in [-0.15, -0.1) is 0 Å². The molecule has 0 aliphatic carbocycles. The van der Waals surface area contributed by atoms with Crippen molar-refractivity contribution in [2.45, 2.75) is 32.1 Å². The van der Waals surface area contributed by atoms with Gasteiger partial charge in [-0.3, -0.25) is 14.9 Å². The number of carbonyl (C=O) groups excluding carboxylic acids is 1. The van der Waals surface area contributed by atoms with Crippen LogP contribution in [0.25, 0.3) is 0 Å². The van der Waals surface area contributed by atoms with Crippen molar-refractivity contribution in [3.8, 4) is 0 Å². The highest BCUT2D eigenvalue weighted by atomic mass is 32.2. The lowest BCUT2D eigenvalue weighted by Gasteiger charge is -2.36. The largest absolute Gasteiger partial charge is 0.362 e. The number of piperazine rings is 1. The fraction of sp³-hybridized carbons (Fsp3) is 0.588. The zero-order chi connectivity index (χ0) is 19.7. The summed E-state index contributed by atoms with van der Waals surface area (Å²) in [5, 5.41) is 11.4. The van der Waals surface area contributed by atoms with Crippen LogP contribution in [0.2, 0.25) is 0 Å². The molecule has 1 amide bonds. The number of rotatable bonds is 4. The van der Waals surface area contributed by atoms with Crippen LogP contribution in [0.4, 0.5) is 11.4 Å². The Morgan fingerprint density at radius 1 is 1.19 bits per heavy atom. The van der Waals surface area contributed by atoms with Crippen LogP contribution in [0.15, 0.2) is 23.1 Å². The summed E-state index contributed by atoms with van der Waals surface area (Å²) in [7, 11) is -3.52. The van der Waals surface area contributed by atoms with Crippen molar-refractivity contribution in [1.82, 2.24) is 4.90 Å². The van der Waals surface area contributed by atoms with Gasteiger partial charge in [0.15, 0.2) is 9.84 Å². The topological polar surface area (TPSA) is 101 Å². The number of sulfone groups is 1. The molecule has 1 aliphatic rings. The lowest BCUT2D eigenvalue weighted by atomic mass is 9.91. The molecule has 0 radical (unpaired) electrons. The molecule has 1 aromatic rings. The molecule has 9 heteroatoms. The molecule has 0 unspecified atom stereocenters. The van der Waals surface area contributed by atoms with Crippen molar-refractivity contribution in [2.24, 2.45) is 5.41 Å². The van der Waals surface area contributed by atoms with Crippen molar-refractivity contribution >= 4 is 27.1 Å². The highest BCUT2D eigenvalue weighted by Gasteiger charge is 2.28. The number of anilines is 1. The van der Waals surface area contributed by atoms with Crippen LogP contribution < -0.4 is 4.90 Å². The predicted molar refractivity (Wildman–Crippen MR) is 99.1 cm³/mol. The molecule has 8 nitrogen and oxygen atoms in total. The van der Waals surface area contributed by atoms with E-state index in [1.807, 2.05) is 25.7 Å². The second kappa shape index (κ2) is 7.22. The first-order chi connectivity index (χ1) is 11.9. The number of hydrogen-bond donors (Lipinski definition) is 0. The van der Waals surface area contributed by atoms with Crippen molar-refractivity contribution < 1.29 is 18.1 Å². The van der Waals surface area contributed by atoms with Crippen molar-refractivity contribution in [2.75, 3.05) is 37.3 Å². The van der Waals surface area contributed by atoms with E-state index in [-0.39, 0.29) is 21.9 Å². The van der Waals surface area contributed by atoms with Crippen LogP contribution in [0.3, 0.4) is 0 Å². The Morgan fingerprint density at radius 2 is 1.77 bits per heavy atom. The van der Waals surface area contributed by atoms with Gasteiger partial charge in [-0.05, 0) is 17.5 Å². The van der Waals surface area contributed by atoms with Gasteiger partial charge < -0.3 is 9.80 Å². The van der Waals surface area contributed by atoms with Crippen LogP contribution in [0.5, 0.6) is 0 Å². The molecule has 1 heterocycles. The molecular weight excluding hydrogens is 358 g/mol. The first kappa shape index (κ1) is 20.2. The normalized spacial score (nSPS) is 15.8. The Hall–Kier alpha value is -2.16. The maximum atomic E-state index is 12.3. The van der Waals surface area contributed by atoms with E-state index < -0.39 is 14.8 Å². The van der Waals surface area contributed by atoms with Gasteiger partial charge in [0.05, 0.1) is 9.82 Å². The molecule has 0 aromatic heterocycles. The summed E-state index contributed by atoms with van der Waals surface area (Å²) in [5.41, 5.74) is 0.0572. The minimum atomic E-state index is -3.52. The minimum Gasteiger partial charge on any atom is -0.362 e. The Morgan fingerprint density at radius 3 is 2.23 bits per heavy atom. The third-order valence-corrected chi connectivity index (χ3v) is 5.34. The third-order valence-electron chi connectivity index (χ3n) is 4.23. The number of nitro benzene ring substituents is 1. The molecule has 144 valence electrons. The van der Waals surface area contributed by atoms with Gasteiger partial charge >= 0.3 is 0 Å². The number of nitrogens with zero attached hydrogens (tertiary/aromatic N) is 3. The van der Waals surface area contributed by atoms with E-state index in [1.54, 1.807) is 4.90 Å². The summed E-state index contributed by atoms with van der Waals surface area (Å²) in [5.74, 6) is 0.0825. The number of hydrogen-bond acceptors (Lipinski definition) is 6. The number of nitro groups is 1. The van der Waals surface area contributed by atoms with E-state index in [2.05, 4.69) is 0 Å². The van der Waals surface area contributed by atoms with E-state index in [0.29, 0.717) is 38.3 Å². The molecule has 0 bridgehead atoms. The zero-order valence-electron chi connectivity index (χ0n) is 15.6. The van der Waals surface area contributed by atoms with Crippen LogP contribution >= 0.6 is 0 Å². The minimum absolute atomic E-state index is 0.0769. The molecular formula is C17H25N3O5S. The van der Waals surface area contributed by atoms with Gasteiger partial charge in [0, 0.05) is 44.9 Å². The van der Waals surface area contributed by atoms with Crippen molar-refractivity contribution in [1.29, 1.82) is 0 Å². The van der Waals surface area contributed by atoms with E-state index in [4.69, 9.17) is 0 Å². The summed E-state index contributed by atoms with van der Waals surface area (Å²) >= 11 is 0. The summed E-state index contributed by atoms with van der Waals surface area (Å²) in [4.78, 5) is 26.7. The van der Waals surface area contributed by atoms with Crippen LogP contribution in [-0.4, -0.2) is 56.6 Å². The highest BCUT2D eigenvalue weighted by Crippen LogP contribution is 2.31. The zero-order valence-corrected chi connectivity index (χ0v) is 16.4. The van der Waals surface area contributed by atoms with Gasteiger partial charge in [-0.1, -0.05) is 20.8 Å². The summed E-state index contributed by atoms with van der Waals surface area (Å²) in [6.07, 6.45) is 1.47. The van der Waals surface area contributed by atoms with Gasteiger partial charge in [-0.25, -0.2) is 8.42 Å². The highest BCUT2D eigenvalue weighted by molar-refractivity contribution is 7.90. The summed E-state index contributed by atoms with van der Waals surface area (Å²) in [6.45, 7) is 7.93. The van der Waals surface area contributed by atoms with E-state index in [0.717, 1.165) is 12.3 Å². The summed E-state index contributed by atoms with van der Waals surface area (Å²) < 4.78 is 23.3. The Balaban J connectivity index is 2.16. The fourth-order valence-electron chi connectivity index (χ4n) is 2.91. The second-order valence-electron chi connectivity index (χ2n) is 7.79. The smallest absolute Gasteiger partial charge is 0.293 e. The SMILES string of the molecule is CC(C)(C)CC(=O)N1CCN(c2ccc(S(C)(=O)=O)cc2[N+](=O)[O-])CC1. The average molecular weight is 383 g/mol. The first-order valence-corrected chi connectivity index (χ1v) is 10.3. The molecule has 26 heavy (non-hydrogen) atoms. The quantitative estimate of drug-likeness (QED) is 0.583.